The molecule has 3 rings (SSSR count). The number of nitrogens with one attached hydrogen (secondary N) is 1. The second-order valence-electron chi connectivity index (χ2n) is 6.26. The number of rotatable bonds is 7. The minimum Gasteiger partial charge on any atom is -0.478 e. The number of aromatic nitrogens is 1. The average molecular weight is 450 g/mol. The van der Waals surface area contributed by atoms with Crippen molar-refractivity contribution in [2.45, 2.75) is 22.6 Å². The van der Waals surface area contributed by atoms with E-state index in [4.69, 9.17) is 5.11 Å². The van der Waals surface area contributed by atoms with Crippen LogP contribution in [0.15, 0.2) is 64.6 Å². The van der Waals surface area contributed by atoms with Gasteiger partial charge in [-0.15, -0.1) is 11.8 Å². The first-order valence-corrected chi connectivity index (χ1v) is 11.0. The molecule has 0 atom stereocenters. The van der Waals surface area contributed by atoms with Gasteiger partial charge in [0.05, 0.1) is 27.4 Å². The topological polar surface area (TPSA) is 96.4 Å². The SMILES string of the molecule is Cc1ccc(S(=O)(=O)Nc2ccc(SCc3c(F)cccc3F)nc2)cc1C(=O)O. The normalized spacial score (nSPS) is 11.3. The maximum Gasteiger partial charge on any atom is 0.335 e. The molecule has 2 N–H and O–H groups in total. The van der Waals surface area contributed by atoms with Gasteiger partial charge in [0, 0.05) is 11.3 Å². The third kappa shape index (κ3) is 4.95. The number of thioether (sulfide) groups is 1. The highest BCUT2D eigenvalue weighted by atomic mass is 32.2. The predicted octanol–water partition coefficient (Wildman–Crippen LogP) is 4.46. The van der Waals surface area contributed by atoms with Crippen molar-refractivity contribution in [1.82, 2.24) is 4.98 Å². The Bertz CT molecular complexity index is 1180. The molecule has 3 aromatic rings. The summed E-state index contributed by atoms with van der Waals surface area (Å²) >= 11 is 1.10. The van der Waals surface area contributed by atoms with E-state index in [0.29, 0.717) is 10.6 Å². The monoisotopic (exact) mass is 450 g/mol. The van der Waals surface area contributed by atoms with Gasteiger partial charge in [-0.25, -0.2) is 27.0 Å². The first kappa shape index (κ1) is 21.7. The fourth-order valence-corrected chi connectivity index (χ4v) is 4.48. The van der Waals surface area contributed by atoms with E-state index in [-0.39, 0.29) is 27.5 Å². The number of sulfonamides is 1. The molecule has 0 saturated heterocycles. The van der Waals surface area contributed by atoms with Crippen molar-refractivity contribution in [2.24, 2.45) is 0 Å². The summed E-state index contributed by atoms with van der Waals surface area (Å²) in [4.78, 5) is 15.1. The van der Waals surface area contributed by atoms with Crippen LogP contribution in [0, 0.1) is 18.6 Å². The molecule has 0 aliphatic heterocycles. The maximum absolute atomic E-state index is 13.7. The van der Waals surface area contributed by atoms with Crippen molar-refractivity contribution in [3.63, 3.8) is 0 Å². The number of hydrogen-bond donors (Lipinski definition) is 2. The number of aromatic carboxylic acids is 1. The summed E-state index contributed by atoms with van der Waals surface area (Å²) in [5, 5.41) is 9.62. The van der Waals surface area contributed by atoms with Crippen molar-refractivity contribution in [3.8, 4) is 0 Å². The van der Waals surface area contributed by atoms with Gasteiger partial charge in [0.25, 0.3) is 10.0 Å². The van der Waals surface area contributed by atoms with Gasteiger partial charge < -0.3 is 5.11 Å². The van der Waals surface area contributed by atoms with Crippen LogP contribution in [0.1, 0.15) is 21.5 Å². The number of halogens is 2. The van der Waals surface area contributed by atoms with Gasteiger partial charge >= 0.3 is 5.97 Å². The van der Waals surface area contributed by atoms with E-state index in [1.54, 1.807) is 6.92 Å². The molecule has 0 unspecified atom stereocenters. The Morgan fingerprint density at radius 2 is 1.83 bits per heavy atom. The van der Waals surface area contributed by atoms with Crippen LogP contribution >= 0.6 is 11.8 Å². The van der Waals surface area contributed by atoms with Crippen LogP contribution in [0.4, 0.5) is 14.5 Å². The summed E-state index contributed by atoms with van der Waals surface area (Å²) < 4.78 is 54.8. The Morgan fingerprint density at radius 3 is 2.43 bits per heavy atom. The molecule has 0 aliphatic rings. The molecule has 6 nitrogen and oxygen atoms in total. The van der Waals surface area contributed by atoms with E-state index >= 15 is 0 Å². The molecule has 1 aromatic heterocycles. The highest BCUT2D eigenvalue weighted by molar-refractivity contribution is 7.98. The summed E-state index contributed by atoms with van der Waals surface area (Å²) in [7, 11) is -4.02. The van der Waals surface area contributed by atoms with Crippen LogP contribution < -0.4 is 4.72 Å². The molecule has 1 heterocycles. The van der Waals surface area contributed by atoms with Crippen molar-refractivity contribution >= 4 is 33.4 Å². The van der Waals surface area contributed by atoms with Crippen molar-refractivity contribution in [2.75, 3.05) is 4.72 Å². The number of pyridine rings is 1. The third-order valence-corrected chi connectivity index (χ3v) is 6.51. The number of aryl methyl sites for hydroxylation is 1. The molecule has 0 amide bonds. The van der Waals surface area contributed by atoms with Crippen molar-refractivity contribution < 1.29 is 27.1 Å². The third-order valence-electron chi connectivity index (χ3n) is 4.16. The zero-order valence-electron chi connectivity index (χ0n) is 15.6. The molecule has 0 fully saturated rings. The lowest BCUT2D eigenvalue weighted by atomic mass is 10.1. The molecule has 2 aromatic carbocycles. The fraction of sp³-hybridized carbons (Fsp3) is 0.100. The lowest BCUT2D eigenvalue weighted by Crippen LogP contribution is -2.14. The van der Waals surface area contributed by atoms with Crippen molar-refractivity contribution in [3.05, 3.63) is 83.1 Å². The maximum atomic E-state index is 13.7. The summed E-state index contributed by atoms with van der Waals surface area (Å²) in [6.45, 7) is 1.57. The van der Waals surface area contributed by atoms with Crippen LogP contribution in [-0.2, 0) is 15.8 Å². The van der Waals surface area contributed by atoms with E-state index in [2.05, 4.69) is 9.71 Å². The minimum atomic E-state index is -4.02. The van der Waals surface area contributed by atoms with Crippen molar-refractivity contribution in [1.29, 1.82) is 0 Å². The largest absolute Gasteiger partial charge is 0.478 e. The van der Waals surface area contributed by atoms with E-state index in [9.17, 15) is 22.0 Å². The average Bonchev–Trinajstić information content (AvgIpc) is 2.68. The Labute approximate surface area is 176 Å². The lowest BCUT2D eigenvalue weighted by Gasteiger charge is -2.10. The second-order valence-corrected chi connectivity index (χ2v) is 8.94. The zero-order chi connectivity index (χ0) is 21.9. The number of carbonyl (C=O) groups is 1. The van der Waals surface area contributed by atoms with E-state index < -0.39 is 27.6 Å². The number of benzene rings is 2. The van der Waals surface area contributed by atoms with Gasteiger partial charge in [-0.3, -0.25) is 4.72 Å². The van der Waals surface area contributed by atoms with Gasteiger partial charge in [-0.1, -0.05) is 12.1 Å². The second kappa shape index (κ2) is 8.80. The highest BCUT2D eigenvalue weighted by Crippen LogP contribution is 2.26. The van der Waals surface area contributed by atoms with Gasteiger partial charge in [-0.2, -0.15) is 0 Å². The van der Waals surface area contributed by atoms with E-state index in [1.807, 2.05) is 0 Å². The first-order valence-electron chi connectivity index (χ1n) is 8.56. The summed E-state index contributed by atoms with van der Waals surface area (Å²) in [6.07, 6.45) is 1.27. The molecule has 156 valence electrons. The molecule has 0 saturated carbocycles. The van der Waals surface area contributed by atoms with E-state index in [0.717, 1.165) is 17.8 Å². The fourth-order valence-electron chi connectivity index (χ4n) is 2.56. The van der Waals surface area contributed by atoms with E-state index in [1.165, 1.54) is 48.7 Å². The Hall–Kier alpha value is -2.98. The summed E-state index contributed by atoms with van der Waals surface area (Å²) in [5.74, 6) is -2.49. The number of anilines is 1. The smallest absolute Gasteiger partial charge is 0.335 e. The summed E-state index contributed by atoms with van der Waals surface area (Å²) in [6, 6.07) is 10.4. The summed E-state index contributed by atoms with van der Waals surface area (Å²) in [5.41, 5.74) is 0.426. The standard InChI is InChI=1S/C20H16F2N2O4S2/c1-12-5-7-14(9-15(12)20(25)26)30(27,28)24-13-6-8-19(23-10-13)29-11-16-17(21)3-2-4-18(16)22/h2-10,24H,11H2,1H3,(H,25,26). The number of nitrogens with zero attached hydrogens (tertiary/aromatic N) is 1. The molecule has 10 heteroatoms. The van der Waals surface area contributed by atoms with Gasteiger partial charge in [0.2, 0.25) is 0 Å². The van der Waals surface area contributed by atoms with Crippen LogP contribution in [0.2, 0.25) is 0 Å². The Kier molecular flexibility index (Phi) is 6.37. The predicted molar refractivity (Wildman–Crippen MR) is 109 cm³/mol. The van der Waals surface area contributed by atoms with Gasteiger partial charge in [0.15, 0.2) is 0 Å². The number of carboxylic acid groups (broad SMARTS) is 1. The highest BCUT2D eigenvalue weighted by Gasteiger charge is 2.18. The zero-order valence-corrected chi connectivity index (χ0v) is 17.2. The Balaban J connectivity index is 1.72. The molecule has 30 heavy (non-hydrogen) atoms. The van der Waals surface area contributed by atoms with Gasteiger partial charge in [-0.05, 0) is 48.9 Å². The first-order chi connectivity index (χ1) is 14.2. The minimum absolute atomic E-state index is 0.0257. The molecular formula is C20H16F2N2O4S2. The lowest BCUT2D eigenvalue weighted by molar-refractivity contribution is 0.0696. The molecule has 0 spiro atoms. The van der Waals surface area contributed by atoms with Crippen LogP contribution in [0.25, 0.3) is 0 Å². The molecule has 0 aliphatic carbocycles. The molecular weight excluding hydrogens is 434 g/mol. The number of hydrogen-bond acceptors (Lipinski definition) is 5. The van der Waals surface area contributed by atoms with Crippen LogP contribution in [0.5, 0.6) is 0 Å². The van der Waals surface area contributed by atoms with Crippen LogP contribution in [0.3, 0.4) is 0 Å². The number of carboxylic acids is 1. The van der Waals surface area contributed by atoms with Gasteiger partial charge in [0.1, 0.15) is 11.6 Å². The molecule has 0 radical (unpaired) electrons. The quantitative estimate of drug-likeness (QED) is 0.516. The van der Waals surface area contributed by atoms with Crippen LogP contribution in [-0.4, -0.2) is 24.5 Å². The Morgan fingerprint density at radius 1 is 1.13 bits per heavy atom. The molecule has 0 bridgehead atoms.